The van der Waals surface area contributed by atoms with Crippen molar-refractivity contribution in [2.75, 3.05) is 19.7 Å². The first-order valence-electron chi connectivity index (χ1n) is 14.2. The zero-order valence-corrected chi connectivity index (χ0v) is 23.5. The maximum atomic E-state index is 15.0. The molecule has 3 aliphatic heterocycles. The van der Waals surface area contributed by atoms with Gasteiger partial charge in [0.1, 0.15) is 73.3 Å². The molecule has 44 heavy (non-hydrogen) atoms. The number of nitrogens with zero attached hydrogens (tertiary/aromatic N) is 3. The molecule has 0 spiro atoms. The number of nitrogens with two attached hydrogens (primary N) is 5. The van der Waals surface area contributed by atoms with Crippen molar-refractivity contribution >= 4 is 0 Å². The molecule has 0 unspecified atom stereocenters. The third-order valence-corrected chi connectivity index (χ3v) is 8.43. The lowest BCUT2D eigenvalue weighted by molar-refractivity contribution is -0.302. The van der Waals surface area contributed by atoms with E-state index in [4.69, 9.17) is 62.6 Å². The normalized spacial score (nSPS) is 51.6. The van der Waals surface area contributed by atoms with Crippen LogP contribution < -0.4 is 28.7 Å². The van der Waals surface area contributed by atoms with E-state index in [-0.39, 0.29) is 19.5 Å². The zero-order valence-electron chi connectivity index (χ0n) is 23.5. The molecule has 0 aromatic carbocycles. The molecule has 4 aliphatic rings. The average Bonchev–Trinajstić information content (AvgIpc) is 3.30. The number of ether oxygens (including phenoxy) is 6. The van der Waals surface area contributed by atoms with E-state index < -0.39 is 123 Å². The van der Waals surface area contributed by atoms with Crippen LogP contribution in [0.4, 0.5) is 4.39 Å². The van der Waals surface area contributed by atoms with Crippen molar-refractivity contribution in [1.29, 1.82) is 0 Å². The standard InChI is InChI=1S/C23H43FN8O12/c24-10-12(31-32-30)22(40-7(2-25)14(10)35)42-18-6(28)1-5(27)13(34)20(18)44-23-17(38)19(9(4-33)41-23)43-21-11(29)16(37)15(36)8(3-26)39-21/h5-23,33-38H,1-4,25-29H2/t5-,6+,7-,8+,9-,10+,11-,12-,13+,14-,15-,16-,17-,18-,19-,20-,21-,22-,23+/m1/s1. The van der Waals surface area contributed by atoms with E-state index in [1.165, 1.54) is 0 Å². The summed E-state index contributed by atoms with van der Waals surface area (Å²) in [5.74, 6) is 0. The number of rotatable bonds is 10. The second-order valence-electron chi connectivity index (χ2n) is 11.3. The van der Waals surface area contributed by atoms with Crippen LogP contribution in [0, 0.1) is 0 Å². The smallest absolute Gasteiger partial charge is 0.187 e. The number of aliphatic hydroxyl groups is 6. The summed E-state index contributed by atoms with van der Waals surface area (Å²) in [5, 5.41) is 66.0. The van der Waals surface area contributed by atoms with Gasteiger partial charge in [0, 0.05) is 30.1 Å². The Morgan fingerprint density at radius 3 is 1.91 bits per heavy atom. The minimum atomic E-state index is -2.13. The van der Waals surface area contributed by atoms with Crippen LogP contribution in [-0.4, -0.2) is 167 Å². The first-order valence-corrected chi connectivity index (χ1v) is 14.2. The van der Waals surface area contributed by atoms with E-state index >= 15 is 4.39 Å². The first-order chi connectivity index (χ1) is 20.9. The van der Waals surface area contributed by atoms with E-state index in [1.54, 1.807) is 0 Å². The summed E-state index contributed by atoms with van der Waals surface area (Å²) in [4.78, 5) is 2.60. The Balaban J connectivity index is 1.53. The van der Waals surface area contributed by atoms with Crippen LogP contribution in [-0.2, 0) is 28.4 Å². The predicted octanol–water partition coefficient (Wildman–Crippen LogP) is -6.57. The SMILES string of the molecule is [N-]=[N+]=N[C@H]1[C@@H](O[C@H]2[C@H](O[C@@H]3O[C@H](CO)[C@@H](O[C@H]4O[C@@H](CN)[C@@H](O)[C@H](O)[C@H]4N)[C@H]3O)[C@@H](O)[C@H](N)C[C@@H]2N)O[C@H](CN)[C@@H](O)[C@H]1F. The lowest BCUT2D eigenvalue weighted by atomic mass is 9.84. The molecule has 0 amide bonds. The van der Waals surface area contributed by atoms with Gasteiger partial charge >= 0.3 is 0 Å². The molecule has 21 heteroatoms. The number of azide groups is 1. The quantitative estimate of drug-likeness (QED) is 0.0599. The summed E-state index contributed by atoms with van der Waals surface area (Å²) in [5.41, 5.74) is 38.5. The monoisotopic (exact) mass is 642 g/mol. The fourth-order valence-corrected chi connectivity index (χ4v) is 5.85. The van der Waals surface area contributed by atoms with Gasteiger partial charge < -0.3 is 87.7 Å². The van der Waals surface area contributed by atoms with Crippen LogP contribution in [0.25, 0.3) is 10.4 Å². The largest absolute Gasteiger partial charge is 0.394 e. The molecule has 16 N–H and O–H groups in total. The van der Waals surface area contributed by atoms with Gasteiger partial charge in [-0.05, 0) is 12.0 Å². The van der Waals surface area contributed by atoms with Crippen molar-refractivity contribution in [1.82, 2.24) is 0 Å². The Morgan fingerprint density at radius 1 is 0.727 bits per heavy atom. The third-order valence-electron chi connectivity index (χ3n) is 8.43. The molecule has 0 aromatic rings. The van der Waals surface area contributed by atoms with Gasteiger partial charge in [-0.3, -0.25) is 0 Å². The van der Waals surface area contributed by atoms with Gasteiger partial charge in [0.25, 0.3) is 0 Å². The average molecular weight is 643 g/mol. The molecule has 0 bridgehead atoms. The van der Waals surface area contributed by atoms with Crippen molar-refractivity contribution < 1.29 is 63.5 Å². The van der Waals surface area contributed by atoms with E-state index in [2.05, 4.69) is 10.0 Å². The number of halogens is 1. The fraction of sp³-hybridized carbons (Fsp3) is 1.00. The van der Waals surface area contributed by atoms with E-state index in [9.17, 15) is 30.6 Å². The minimum Gasteiger partial charge on any atom is -0.394 e. The fourth-order valence-electron chi connectivity index (χ4n) is 5.85. The molecule has 3 saturated heterocycles. The Morgan fingerprint density at radius 2 is 1.30 bits per heavy atom. The minimum absolute atomic E-state index is 0.000926. The molecule has 3 heterocycles. The number of hydrogen-bond acceptors (Lipinski definition) is 18. The van der Waals surface area contributed by atoms with Crippen molar-refractivity contribution in [2.24, 2.45) is 33.8 Å². The van der Waals surface area contributed by atoms with E-state index in [1.807, 2.05) is 0 Å². The van der Waals surface area contributed by atoms with Gasteiger partial charge in [-0.15, -0.1) is 0 Å². The molecule has 4 rings (SSSR count). The van der Waals surface area contributed by atoms with Crippen molar-refractivity contribution in [3.05, 3.63) is 10.4 Å². The van der Waals surface area contributed by atoms with Gasteiger partial charge in [-0.1, -0.05) is 5.11 Å². The topological polar surface area (TPSA) is 356 Å². The molecular weight excluding hydrogens is 599 g/mol. The highest BCUT2D eigenvalue weighted by Crippen LogP contribution is 2.35. The summed E-state index contributed by atoms with van der Waals surface area (Å²) in [6.07, 6.45) is -22.2. The molecule has 0 aromatic heterocycles. The van der Waals surface area contributed by atoms with Crippen LogP contribution in [0.15, 0.2) is 5.11 Å². The first kappa shape index (κ1) is 35.4. The van der Waals surface area contributed by atoms with Gasteiger partial charge in [0.2, 0.25) is 0 Å². The molecule has 1 saturated carbocycles. The Hall–Kier alpha value is -1.44. The van der Waals surface area contributed by atoms with Gasteiger partial charge in [0.05, 0.1) is 18.8 Å². The van der Waals surface area contributed by atoms with Crippen LogP contribution in [0.3, 0.4) is 0 Å². The van der Waals surface area contributed by atoms with Crippen LogP contribution in [0.5, 0.6) is 0 Å². The van der Waals surface area contributed by atoms with Crippen LogP contribution in [0.1, 0.15) is 6.42 Å². The van der Waals surface area contributed by atoms with Gasteiger partial charge in [0.15, 0.2) is 18.9 Å². The Kier molecular flexibility index (Phi) is 12.1. The molecule has 20 nitrogen and oxygen atoms in total. The van der Waals surface area contributed by atoms with E-state index in [0.717, 1.165) is 0 Å². The maximum Gasteiger partial charge on any atom is 0.187 e. The molecular formula is C23H43FN8O12. The lowest BCUT2D eigenvalue weighted by Crippen LogP contribution is -2.66. The molecule has 0 radical (unpaired) electrons. The number of alkyl halides is 1. The van der Waals surface area contributed by atoms with Crippen molar-refractivity contribution in [3.63, 3.8) is 0 Å². The molecule has 19 atom stereocenters. The summed E-state index contributed by atoms with van der Waals surface area (Å²) in [6, 6.07) is -4.86. The van der Waals surface area contributed by atoms with E-state index in [0.29, 0.717) is 0 Å². The predicted molar refractivity (Wildman–Crippen MR) is 142 cm³/mol. The Bertz CT molecular complexity index is 991. The second kappa shape index (κ2) is 15.0. The Labute approximate surface area is 250 Å². The van der Waals surface area contributed by atoms with Gasteiger partial charge in [-0.2, -0.15) is 0 Å². The molecule has 1 aliphatic carbocycles. The third kappa shape index (κ3) is 6.95. The summed E-state index contributed by atoms with van der Waals surface area (Å²) >= 11 is 0. The van der Waals surface area contributed by atoms with Crippen molar-refractivity contribution in [2.45, 2.75) is 123 Å². The molecule has 4 fully saturated rings. The highest BCUT2D eigenvalue weighted by atomic mass is 19.1. The van der Waals surface area contributed by atoms with Gasteiger partial charge in [-0.25, -0.2) is 4.39 Å². The number of aliphatic hydroxyl groups excluding tert-OH is 6. The maximum absolute atomic E-state index is 15.0. The summed E-state index contributed by atoms with van der Waals surface area (Å²) < 4.78 is 49.4. The van der Waals surface area contributed by atoms with Crippen molar-refractivity contribution in [3.8, 4) is 0 Å². The lowest BCUT2D eigenvalue weighted by Gasteiger charge is -2.46. The summed E-state index contributed by atoms with van der Waals surface area (Å²) in [7, 11) is 0. The highest BCUT2D eigenvalue weighted by Gasteiger charge is 2.54. The number of hydrogen-bond donors (Lipinski definition) is 11. The van der Waals surface area contributed by atoms with Crippen LogP contribution >= 0.6 is 0 Å². The summed E-state index contributed by atoms with van der Waals surface area (Å²) in [6.45, 7) is -1.19. The highest BCUT2D eigenvalue weighted by molar-refractivity contribution is 5.02. The zero-order chi connectivity index (χ0) is 32.5. The second-order valence-corrected chi connectivity index (χ2v) is 11.3. The molecule has 254 valence electrons. The van der Waals surface area contributed by atoms with Crippen LogP contribution in [0.2, 0.25) is 0 Å².